The summed E-state index contributed by atoms with van der Waals surface area (Å²) in [5.41, 5.74) is 11.1. The van der Waals surface area contributed by atoms with Crippen molar-refractivity contribution >= 4 is 44.1 Å². The molecule has 8 heteroatoms. The topological polar surface area (TPSA) is 104 Å². The predicted octanol–water partition coefficient (Wildman–Crippen LogP) is 12.1. The smallest absolute Gasteiger partial charge is 0.227 e. The van der Waals surface area contributed by atoms with Crippen LogP contribution in [0.2, 0.25) is 0 Å². The molecule has 258 valence electrons. The minimum Gasteiger partial charge on any atom is -0.456 e. The van der Waals surface area contributed by atoms with E-state index in [1.165, 1.54) is 0 Å². The number of hydrogen-bond acceptors (Lipinski definition) is 8. The van der Waals surface area contributed by atoms with Crippen LogP contribution in [0.3, 0.4) is 0 Å². The first kappa shape index (κ1) is 30.9. The summed E-state index contributed by atoms with van der Waals surface area (Å²) in [6.07, 6.45) is 0. The van der Waals surface area contributed by atoms with Crippen LogP contribution in [-0.2, 0) is 0 Å². The molecule has 0 bridgehead atoms. The van der Waals surface area contributed by atoms with Gasteiger partial charge in [0.15, 0.2) is 28.6 Å². The van der Waals surface area contributed by atoms with E-state index in [0.29, 0.717) is 29.3 Å². The number of fused-ring (bicyclic) bond motifs is 5. The summed E-state index contributed by atoms with van der Waals surface area (Å²) < 4.78 is 18.3. The SMILES string of the molecule is c1cc(-c2ccc3c(c2)oc2ccccc23)cc(-c2nc(-c3ccc(-c4nc5ccccc5o4)cc3)nc(-c3ccc(-c4nc5ccccc5o4)cc3)n2)c1. The quantitative estimate of drug-likeness (QED) is 0.168. The summed E-state index contributed by atoms with van der Waals surface area (Å²) >= 11 is 0. The van der Waals surface area contributed by atoms with Gasteiger partial charge in [-0.15, -0.1) is 0 Å². The number of hydrogen-bond donors (Lipinski definition) is 0. The standard InChI is InChI=1S/C47H27N5O3/c1-4-13-39-35(10-1)36-25-24-33(27-42(36)53-39)32-8-7-9-34(26-32)45-51-43(28-16-20-30(21-17-28)46-48-37-11-2-5-14-40(37)54-46)50-44(52-45)29-18-22-31(23-19-29)47-49-38-12-3-6-15-41(38)55-47/h1-27H. The van der Waals surface area contributed by atoms with E-state index in [-0.39, 0.29) is 0 Å². The summed E-state index contributed by atoms with van der Waals surface area (Å²) in [4.78, 5) is 24.4. The molecule has 4 aromatic heterocycles. The summed E-state index contributed by atoms with van der Waals surface area (Å²) in [7, 11) is 0. The van der Waals surface area contributed by atoms with Gasteiger partial charge in [0, 0.05) is 38.6 Å². The number of oxazole rings is 2. The normalized spacial score (nSPS) is 11.6. The van der Waals surface area contributed by atoms with Crippen LogP contribution in [0, 0.1) is 0 Å². The number of aromatic nitrogens is 5. The molecular formula is C47H27N5O3. The van der Waals surface area contributed by atoms with Crippen LogP contribution in [0.4, 0.5) is 0 Å². The average molecular weight is 710 g/mol. The monoisotopic (exact) mass is 709 g/mol. The Balaban J connectivity index is 0.993. The van der Waals surface area contributed by atoms with Crippen molar-refractivity contribution in [2.75, 3.05) is 0 Å². The van der Waals surface area contributed by atoms with Gasteiger partial charge in [0.1, 0.15) is 22.2 Å². The lowest BCUT2D eigenvalue weighted by Crippen LogP contribution is -2.00. The minimum atomic E-state index is 0.543. The van der Waals surface area contributed by atoms with Gasteiger partial charge in [0.25, 0.3) is 0 Å². The Labute approximate surface area is 313 Å². The van der Waals surface area contributed by atoms with E-state index in [9.17, 15) is 0 Å². The van der Waals surface area contributed by atoms with E-state index in [0.717, 1.165) is 83.1 Å². The third-order valence-corrected chi connectivity index (χ3v) is 9.84. The van der Waals surface area contributed by atoms with Crippen molar-refractivity contribution in [1.82, 2.24) is 24.9 Å². The summed E-state index contributed by atoms with van der Waals surface area (Å²) in [6, 6.07) is 54.1. The Morgan fingerprint density at radius 1 is 0.273 bits per heavy atom. The number of benzene rings is 7. The second kappa shape index (κ2) is 12.5. The second-order valence-corrected chi connectivity index (χ2v) is 13.3. The Morgan fingerprint density at radius 2 is 0.727 bits per heavy atom. The molecule has 11 aromatic rings. The highest BCUT2D eigenvalue weighted by molar-refractivity contribution is 6.05. The molecule has 0 spiro atoms. The van der Waals surface area contributed by atoms with Gasteiger partial charge in [0.05, 0.1) is 0 Å². The lowest BCUT2D eigenvalue weighted by Gasteiger charge is -2.10. The molecule has 0 unspecified atom stereocenters. The van der Waals surface area contributed by atoms with E-state index in [1.807, 2.05) is 127 Å². The highest BCUT2D eigenvalue weighted by atomic mass is 16.4. The second-order valence-electron chi connectivity index (χ2n) is 13.3. The summed E-state index contributed by atoms with van der Waals surface area (Å²) in [6.45, 7) is 0. The molecule has 55 heavy (non-hydrogen) atoms. The zero-order valence-electron chi connectivity index (χ0n) is 29.0. The summed E-state index contributed by atoms with van der Waals surface area (Å²) in [5, 5.41) is 2.19. The van der Waals surface area contributed by atoms with Gasteiger partial charge >= 0.3 is 0 Å². The first-order valence-electron chi connectivity index (χ1n) is 17.9. The molecule has 0 aliphatic rings. The van der Waals surface area contributed by atoms with Crippen LogP contribution in [0.25, 0.3) is 112 Å². The maximum absolute atomic E-state index is 6.21. The van der Waals surface area contributed by atoms with Crippen molar-refractivity contribution in [3.8, 4) is 68.2 Å². The fourth-order valence-electron chi connectivity index (χ4n) is 7.02. The largest absolute Gasteiger partial charge is 0.456 e. The van der Waals surface area contributed by atoms with Gasteiger partial charge in [-0.2, -0.15) is 0 Å². The van der Waals surface area contributed by atoms with Crippen molar-refractivity contribution in [3.63, 3.8) is 0 Å². The zero-order valence-corrected chi connectivity index (χ0v) is 29.0. The van der Waals surface area contributed by atoms with Crippen LogP contribution >= 0.6 is 0 Å². The van der Waals surface area contributed by atoms with Crippen molar-refractivity contribution in [3.05, 3.63) is 164 Å². The molecule has 4 heterocycles. The van der Waals surface area contributed by atoms with Crippen LogP contribution in [0.5, 0.6) is 0 Å². The molecule has 0 amide bonds. The highest BCUT2D eigenvalue weighted by Crippen LogP contribution is 2.35. The molecular weight excluding hydrogens is 683 g/mol. The Morgan fingerprint density at radius 3 is 1.33 bits per heavy atom. The van der Waals surface area contributed by atoms with E-state index in [1.54, 1.807) is 0 Å². The van der Waals surface area contributed by atoms with Crippen LogP contribution in [0.15, 0.2) is 177 Å². The lowest BCUT2D eigenvalue weighted by atomic mass is 10.0. The van der Waals surface area contributed by atoms with E-state index >= 15 is 0 Å². The van der Waals surface area contributed by atoms with E-state index < -0.39 is 0 Å². The molecule has 0 atom stereocenters. The molecule has 0 N–H and O–H groups in total. The Kier molecular flexibility index (Phi) is 6.99. The molecule has 0 aliphatic heterocycles. The first-order valence-corrected chi connectivity index (χ1v) is 17.9. The van der Waals surface area contributed by atoms with Crippen LogP contribution in [-0.4, -0.2) is 24.9 Å². The van der Waals surface area contributed by atoms with Gasteiger partial charge in [-0.05, 0) is 83.9 Å². The number of nitrogens with zero attached hydrogens (tertiary/aromatic N) is 5. The van der Waals surface area contributed by atoms with Gasteiger partial charge in [-0.25, -0.2) is 24.9 Å². The van der Waals surface area contributed by atoms with Crippen molar-refractivity contribution in [1.29, 1.82) is 0 Å². The highest BCUT2D eigenvalue weighted by Gasteiger charge is 2.16. The van der Waals surface area contributed by atoms with E-state index in [4.69, 9.17) is 28.2 Å². The van der Waals surface area contributed by atoms with Gasteiger partial charge in [-0.1, -0.05) is 91.0 Å². The van der Waals surface area contributed by atoms with Crippen LogP contribution in [0.1, 0.15) is 0 Å². The van der Waals surface area contributed by atoms with Crippen LogP contribution < -0.4 is 0 Å². The first-order chi connectivity index (χ1) is 27.2. The van der Waals surface area contributed by atoms with Crippen molar-refractivity contribution < 1.29 is 13.3 Å². The average Bonchev–Trinajstić information content (AvgIpc) is 3.99. The molecule has 7 aromatic carbocycles. The molecule has 0 saturated carbocycles. The number of para-hydroxylation sites is 5. The maximum Gasteiger partial charge on any atom is 0.227 e. The van der Waals surface area contributed by atoms with Gasteiger partial charge in [0.2, 0.25) is 11.8 Å². The van der Waals surface area contributed by atoms with Gasteiger partial charge in [-0.3, -0.25) is 0 Å². The fraction of sp³-hybridized carbons (Fsp3) is 0. The third kappa shape index (κ3) is 5.52. The number of rotatable bonds is 6. The zero-order chi connectivity index (χ0) is 36.3. The Hall–Kier alpha value is -7.71. The summed E-state index contributed by atoms with van der Waals surface area (Å²) in [5.74, 6) is 2.75. The molecule has 0 saturated heterocycles. The van der Waals surface area contributed by atoms with Crippen molar-refractivity contribution in [2.45, 2.75) is 0 Å². The molecule has 0 aliphatic carbocycles. The minimum absolute atomic E-state index is 0.543. The lowest BCUT2D eigenvalue weighted by molar-refractivity contribution is 0.619. The van der Waals surface area contributed by atoms with Gasteiger partial charge < -0.3 is 13.3 Å². The molecule has 8 nitrogen and oxygen atoms in total. The maximum atomic E-state index is 6.21. The predicted molar refractivity (Wildman–Crippen MR) is 215 cm³/mol. The van der Waals surface area contributed by atoms with Crippen molar-refractivity contribution in [2.24, 2.45) is 0 Å². The Bertz CT molecular complexity index is 3010. The fourth-order valence-corrected chi connectivity index (χ4v) is 7.02. The molecule has 0 radical (unpaired) electrons. The molecule has 0 fully saturated rings. The molecule has 11 rings (SSSR count). The third-order valence-electron chi connectivity index (χ3n) is 9.84. The van der Waals surface area contributed by atoms with E-state index in [2.05, 4.69) is 46.4 Å². The number of furan rings is 1.